The fraction of sp³-hybridized carbons (Fsp3) is 0.156. The number of ether oxygens (including phenoxy) is 3. The number of halogens is 1. The Bertz CT molecular complexity index is 1810. The number of hydrogen-bond donors (Lipinski definition) is 0. The monoisotopic (exact) mass is 570 g/mol. The molecule has 0 radical (unpaired) electrons. The van der Waals surface area contributed by atoms with Crippen molar-refractivity contribution < 1.29 is 23.4 Å². The highest BCUT2D eigenvalue weighted by Gasteiger charge is 2.34. The van der Waals surface area contributed by atoms with Gasteiger partial charge < -0.3 is 14.2 Å². The molecule has 0 amide bonds. The first kappa shape index (κ1) is 27.8. The quantitative estimate of drug-likeness (QED) is 0.216. The summed E-state index contributed by atoms with van der Waals surface area (Å²) in [5.74, 6) is -0.0237. The molecule has 0 aliphatic carbocycles. The van der Waals surface area contributed by atoms with E-state index in [1.807, 2.05) is 30.3 Å². The number of methoxy groups -OCH3 is 1. The number of hydrogen-bond acceptors (Lipinski definition) is 7. The van der Waals surface area contributed by atoms with Crippen LogP contribution in [-0.2, 0) is 16.1 Å². The van der Waals surface area contributed by atoms with Crippen molar-refractivity contribution >= 4 is 23.4 Å². The molecule has 0 saturated carbocycles. The number of fused-ring (bicyclic) bond motifs is 1. The third kappa shape index (κ3) is 5.90. The summed E-state index contributed by atoms with van der Waals surface area (Å²) in [7, 11) is 1.52. The predicted molar refractivity (Wildman–Crippen MR) is 155 cm³/mol. The second-order valence-corrected chi connectivity index (χ2v) is 10.2. The molecule has 208 valence electrons. The normalized spacial score (nSPS) is 14.7. The fourth-order valence-electron chi connectivity index (χ4n) is 4.53. The van der Waals surface area contributed by atoms with Crippen LogP contribution in [0.5, 0.6) is 11.5 Å². The van der Waals surface area contributed by atoms with Gasteiger partial charge in [-0.2, -0.15) is 0 Å². The van der Waals surface area contributed by atoms with E-state index in [1.165, 1.54) is 35.1 Å². The molecule has 0 saturated heterocycles. The molecule has 3 aromatic carbocycles. The number of allylic oxidation sites excluding steroid dienone is 1. The minimum Gasteiger partial charge on any atom is -0.493 e. The number of thiazole rings is 1. The lowest BCUT2D eigenvalue weighted by Crippen LogP contribution is -2.39. The van der Waals surface area contributed by atoms with E-state index in [4.69, 9.17) is 14.2 Å². The summed E-state index contributed by atoms with van der Waals surface area (Å²) < 4.78 is 32.3. The van der Waals surface area contributed by atoms with Crippen LogP contribution >= 0.6 is 11.3 Å². The molecule has 1 aliphatic heterocycles. The van der Waals surface area contributed by atoms with Crippen molar-refractivity contribution in [3.63, 3.8) is 0 Å². The van der Waals surface area contributed by atoms with Gasteiger partial charge in [-0.15, -0.1) is 0 Å². The minimum absolute atomic E-state index is 0.0653. The maximum absolute atomic E-state index is 13.9. The third-order valence-electron chi connectivity index (χ3n) is 6.48. The van der Waals surface area contributed by atoms with E-state index in [0.717, 1.165) is 5.56 Å². The first-order valence-electron chi connectivity index (χ1n) is 12.8. The molecule has 9 heteroatoms. The van der Waals surface area contributed by atoms with Crippen LogP contribution < -0.4 is 24.4 Å². The highest BCUT2D eigenvalue weighted by molar-refractivity contribution is 7.07. The zero-order valence-corrected chi connectivity index (χ0v) is 23.3. The highest BCUT2D eigenvalue weighted by atomic mass is 32.1. The van der Waals surface area contributed by atoms with E-state index in [1.54, 1.807) is 49.4 Å². The zero-order chi connectivity index (χ0) is 28.9. The van der Waals surface area contributed by atoms with Crippen molar-refractivity contribution in [2.75, 3.05) is 13.7 Å². The number of aromatic nitrogens is 1. The van der Waals surface area contributed by atoms with Gasteiger partial charge in [-0.25, -0.2) is 14.2 Å². The molecule has 0 fully saturated rings. The Morgan fingerprint density at radius 2 is 1.85 bits per heavy atom. The highest BCUT2D eigenvalue weighted by Crippen LogP contribution is 2.36. The lowest BCUT2D eigenvalue weighted by Gasteiger charge is -2.25. The van der Waals surface area contributed by atoms with Gasteiger partial charge in [-0.3, -0.25) is 9.36 Å². The molecular formula is C32H27FN2O5S. The molecule has 0 N–H and O–H groups in total. The van der Waals surface area contributed by atoms with Gasteiger partial charge in [0.2, 0.25) is 0 Å². The van der Waals surface area contributed by atoms with Crippen LogP contribution in [0.1, 0.15) is 29.7 Å². The lowest BCUT2D eigenvalue weighted by molar-refractivity contribution is -0.140. The standard InChI is InChI=1S/C32H27FN2O5S/c1-4-16-39-25-15-12-23(18-26(25)38-3)29-28(31(37)40-19-22-8-6-5-7-9-22)20(2)34-32-35(29)30(36)27(41-32)17-21-10-13-24(33)14-11-21/h4-15,17-18,29H,1,16,19H2,2-3H3. The van der Waals surface area contributed by atoms with Crippen LogP contribution in [0.4, 0.5) is 4.39 Å². The molecule has 7 nitrogen and oxygen atoms in total. The second-order valence-electron chi connectivity index (χ2n) is 9.21. The molecule has 0 bridgehead atoms. The molecular weight excluding hydrogens is 543 g/mol. The van der Waals surface area contributed by atoms with Crippen molar-refractivity contribution in [2.45, 2.75) is 19.6 Å². The first-order chi connectivity index (χ1) is 19.9. The molecule has 0 spiro atoms. The smallest absolute Gasteiger partial charge is 0.338 e. The summed E-state index contributed by atoms with van der Waals surface area (Å²) in [6.45, 7) is 5.75. The largest absolute Gasteiger partial charge is 0.493 e. The van der Waals surface area contributed by atoms with Crippen LogP contribution in [0.15, 0.2) is 107 Å². The Labute approximate surface area is 239 Å². The summed E-state index contributed by atoms with van der Waals surface area (Å²) in [5, 5.41) is 0. The average molecular weight is 571 g/mol. The Hall–Kier alpha value is -4.76. The molecule has 41 heavy (non-hydrogen) atoms. The summed E-state index contributed by atoms with van der Waals surface area (Å²) in [6.07, 6.45) is 3.30. The Kier molecular flexibility index (Phi) is 8.26. The van der Waals surface area contributed by atoms with Gasteiger partial charge in [-0.1, -0.05) is 72.5 Å². The molecule has 2 heterocycles. The maximum Gasteiger partial charge on any atom is 0.338 e. The minimum atomic E-state index is -0.841. The number of nitrogens with zero attached hydrogens (tertiary/aromatic N) is 2. The van der Waals surface area contributed by atoms with Gasteiger partial charge in [-0.05, 0) is 54.0 Å². The third-order valence-corrected chi connectivity index (χ3v) is 7.47. The van der Waals surface area contributed by atoms with Crippen LogP contribution in [0.2, 0.25) is 0 Å². The van der Waals surface area contributed by atoms with Crippen LogP contribution in [0.3, 0.4) is 0 Å². The van der Waals surface area contributed by atoms with Crippen molar-refractivity contribution in [2.24, 2.45) is 4.99 Å². The molecule has 1 atom stereocenters. The summed E-state index contributed by atoms with van der Waals surface area (Å²) in [4.78, 5) is 32.5. The fourth-order valence-corrected chi connectivity index (χ4v) is 5.58. The maximum atomic E-state index is 13.9. The van der Waals surface area contributed by atoms with Gasteiger partial charge in [0.25, 0.3) is 5.56 Å². The number of rotatable bonds is 9. The van der Waals surface area contributed by atoms with Crippen molar-refractivity contribution in [1.29, 1.82) is 0 Å². The first-order valence-corrected chi connectivity index (χ1v) is 13.6. The van der Waals surface area contributed by atoms with Gasteiger partial charge in [0.1, 0.15) is 19.0 Å². The van der Waals surface area contributed by atoms with Gasteiger partial charge in [0.05, 0.1) is 29.0 Å². The zero-order valence-electron chi connectivity index (χ0n) is 22.5. The van der Waals surface area contributed by atoms with Gasteiger partial charge in [0, 0.05) is 0 Å². The summed E-state index contributed by atoms with van der Waals surface area (Å²) >= 11 is 1.19. The predicted octanol–water partition coefficient (Wildman–Crippen LogP) is 4.69. The van der Waals surface area contributed by atoms with E-state index in [2.05, 4.69) is 11.6 Å². The number of esters is 1. The molecule has 5 rings (SSSR count). The van der Waals surface area contributed by atoms with E-state index in [0.29, 0.717) is 37.7 Å². The topological polar surface area (TPSA) is 79.1 Å². The van der Waals surface area contributed by atoms with Crippen LogP contribution in [0.25, 0.3) is 6.08 Å². The Balaban J connectivity index is 1.63. The average Bonchev–Trinajstić information content (AvgIpc) is 3.29. The summed E-state index contributed by atoms with van der Waals surface area (Å²) in [6, 6.07) is 19.6. The Morgan fingerprint density at radius 1 is 1.10 bits per heavy atom. The number of carbonyl (C=O) groups is 1. The SMILES string of the molecule is C=CCOc1ccc(C2C(C(=O)OCc3ccccc3)=C(C)N=c3sc(=Cc4ccc(F)cc4)c(=O)n32)cc1OC. The van der Waals surface area contributed by atoms with E-state index in [9.17, 15) is 14.0 Å². The van der Waals surface area contributed by atoms with Crippen molar-refractivity contribution in [1.82, 2.24) is 4.57 Å². The second kappa shape index (κ2) is 12.2. The lowest BCUT2D eigenvalue weighted by atomic mass is 9.95. The van der Waals surface area contributed by atoms with Gasteiger partial charge >= 0.3 is 5.97 Å². The number of benzene rings is 3. The van der Waals surface area contributed by atoms with Gasteiger partial charge in [0.15, 0.2) is 16.3 Å². The van der Waals surface area contributed by atoms with Crippen LogP contribution in [0, 0.1) is 5.82 Å². The van der Waals surface area contributed by atoms with E-state index >= 15 is 0 Å². The molecule has 1 aliphatic rings. The summed E-state index contributed by atoms with van der Waals surface area (Å²) in [5.41, 5.74) is 2.45. The number of carbonyl (C=O) groups excluding carboxylic acids is 1. The van der Waals surface area contributed by atoms with Crippen molar-refractivity contribution in [3.05, 3.63) is 139 Å². The Morgan fingerprint density at radius 3 is 2.56 bits per heavy atom. The molecule has 1 aromatic heterocycles. The van der Waals surface area contributed by atoms with E-state index < -0.39 is 12.0 Å². The van der Waals surface area contributed by atoms with E-state index in [-0.39, 0.29) is 30.2 Å². The van der Waals surface area contributed by atoms with Crippen molar-refractivity contribution in [3.8, 4) is 11.5 Å². The molecule has 1 unspecified atom stereocenters. The van der Waals surface area contributed by atoms with Crippen LogP contribution in [-0.4, -0.2) is 24.3 Å². The molecule has 4 aromatic rings.